The van der Waals surface area contributed by atoms with E-state index in [2.05, 4.69) is 21.2 Å². The van der Waals surface area contributed by atoms with Crippen LogP contribution in [0.25, 0.3) is 10.8 Å². The molecule has 4 nitrogen and oxygen atoms in total. The van der Waals surface area contributed by atoms with E-state index < -0.39 is 0 Å². The molecule has 0 aliphatic carbocycles. The molecule has 0 saturated heterocycles. The number of amides is 1. The third-order valence-corrected chi connectivity index (χ3v) is 3.07. The molecule has 3 N–H and O–H groups in total. The maximum absolute atomic E-state index is 11.6. The molecule has 0 aliphatic rings. The van der Waals surface area contributed by atoms with E-state index in [-0.39, 0.29) is 12.5 Å². The molecule has 2 rings (SSSR count). The SMILES string of the molecule is NCCOCC(=O)Nc1ccc2cc(Br)ccc2c1. The maximum Gasteiger partial charge on any atom is 0.250 e. The highest BCUT2D eigenvalue weighted by molar-refractivity contribution is 9.10. The summed E-state index contributed by atoms with van der Waals surface area (Å²) in [5.41, 5.74) is 6.04. The van der Waals surface area contributed by atoms with E-state index in [1.54, 1.807) is 0 Å². The van der Waals surface area contributed by atoms with Crippen molar-refractivity contribution in [3.05, 3.63) is 40.9 Å². The Morgan fingerprint density at radius 3 is 2.74 bits per heavy atom. The molecule has 2 aromatic rings. The molecular weight excluding hydrogens is 308 g/mol. The molecule has 0 aromatic heterocycles. The fourth-order valence-corrected chi connectivity index (χ4v) is 2.12. The largest absolute Gasteiger partial charge is 0.370 e. The van der Waals surface area contributed by atoms with Crippen molar-refractivity contribution in [2.45, 2.75) is 0 Å². The van der Waals surface area contributed by atoms with Gasteiger partial charge in [-0.25, -0.2) is 0 Å². The highest BCUT2D eigenvalue weighted by Gasteiger charge is 2.03. The molecule has 0 spiro atoms. The van der Waals surface area contributed by atoms with Gasteiger partial charge in [0, 0.05) is 16.7 Å². The molecule has 0 unspecified atom stereocenters. The van der Waals surface area contributed by atoms with Crippen LogP contribution in [0.5, 0.6) is 0 Å². The maximum atomic E-state index is 11.6. The summed E-state index contributed by atoms with van der Waals surface area (Å²) in [6.07, 6.45) is 0. The van der Waals surface area contributed by atoms with Crippen molar-refractivity contribution in [2.24, 2.45) is 5.73 Å². The van der Waals surface area contributed by atoms with Gasteiger partial charge in [-0.2, -0.15) is 0 Å². The summed E-state index contributed by atoms with van der Waals surface area (Å²) in [7, 11) is 0. The van der Waals surface area contributed by atoms with Gasteiger partial charge in [-0.05, 0) is 35.0 Å². The first-order valence-corrected chi connectivity index (χ1v) is 6.75. The molecule has 0 heterocycles. The fraction of sp³-hybridized carbons (Fsp3) is 0.214. The van der Waals surface area contributed by atoms with Crippen molar-refractivity contribution in [1.82, 2.24) is 0 Å². The van der Waals surface area contributed by atoms with Gasteiger partial charge in [0.2, 0.25) is 5.91 Å². The Balaban J connectivity index is 2.05. The summed E-state index contributed by atoms with van der Waals surface area (Å²) in [5.74, 6) is -0.176. The van der Waals surface area contributed by atoms with Gasteiger partial charge in [0.1, 0.15) is 6.61 Å². The van der Waals surface area contributed by atoms with Crippen LogP contribution < -0.4 is 11.1 Å². The second kappa shape index (κ2) is 6.65. The molecule has 19 heavy (non-hydrogen) atoms. The molecule has 0 radical (unpaired) electrons. The third kappa shape index (κ3) is 4.02. The van der Waals surface area contributed by atoms with Crippen LogP contribution in [-0.2, 0) is 9.53 Å². The standard InChI is InChI=1S/C14H15BrN2O2/c15-12-3-1-11-8-13(4-2-10(11)7-12)17-14(18)9-19-6-5-16/h1-4,7-8H,5-6,9,16H2,(H,17,18). The summed E-state index contributed by atoms with van der Waals surface area (Å²) >= 11 is 3.43. The predicted octanol–water partition coefficient (Wildman–Crippen LogP) is 2.52. The Labute approximate surface area is 120 Å². The van der Waals surface area contributed by atoms with Gasteiger partial charge in [0.05, 0.1) is 6.61 Å². The Kier molecular flexibility index (Phi) is 4.90. The number of rotatable bonds is 5. The van der Waals surface area contributed by atoms with E-state index in [0.717, 1.165) is 20.9 Å². The van der Waals surface area contributed by atoms with Crippen LogP contribution in [0.15, 0.2) is 40.9 Å². The Bertz CT molecular complexity index is 587. The van der Waals surface area contributed by atoms with Crippen LogP contribution in [0.2, 0.25) is 0 Å². The molecule has 2 aromatic carbocycles. The Morgan fingerprint density at radius 1 is 1.21 bits per heavy atom. The van der Waals surface area contributed by atoms with E-state index in [1.807, 2.05) is 36.4 Å². The number of anilines is 1. The van der Waals surface area contributed by atoms with Crippen LogP contribution >= 0.6 is 15.9 Å². The van der Waals surface area contributed by atoms with Gasteiger partial charge in [-0.15, -0.1) is 0 Å². The van der Waals surface area contributed by atoms with Gasteiger partial charge >= 0.3 is 0 Å². The second-order valence-electron chi connectivity index (χ2n) is 4.10. The third-order valence-electron chi connectivity index (χ3n) is 2.58. The average Bonchev–Trinajstić information content (AvgIpc) is 2.39. The molecule has 1 amide bonds. The second-order valence-corrected chi connectivity index (χ2v) is 5.01. The van der Waals surface area contributed by atoms with Crippen molar-refractivity contribution in [3.8, 4) is 0 Å². The number of hydrogen-bond donors (Lipinski definition) is 2. The first kappa shape index (κ1) is 14.0. The van der Waals surface area contributed by atoms with E-state index in [1.165, 1.54) is 0 Å². The molecular formula is C14H15BrN2O2. The quantitative estimate of drug-likeness (QED) is 0.831. The van der Waals surface area contributed by atoms with Crippen molar-refractivity contribution in [2.75, 3.05) is 25.1 Å². The van der Waals surface area contributed by atoms with Crippen molar-refractivity contribution in [3.63, 3.8) is 0 Å². The van der Waals surface area contributed by atoms with Gasteiger partial charge in [-0.1, -0.05) is 28.1 Å². The Hall–Kier alpha value is -1.43. The number of halogens is 1. The highest BCUT2D eigenvalue weighted by atomic mass is 79.9. The van der Waals surface area contributed by atoms with E-state index in [0.29, 0.717) is 13.2 Å². The molecule has 0 atom stereocenters. The number of fused-ring (bicyclic) bond motifs is 1. The molecule has 100 valence electrons. The van der Waals surface area contributed by atoms with Crippen molar-refractivity contribution < 1.29 is 9.53 Å². The summed E-state index contributed by atoms with van der Waals surface area (Å²) in [6.45, 7) is 0.826. The molecule has 0 aliphatic heterocycles. The number of benzene rings is 2. The summed E-state index contributed by atoms with van der Waals surface area (Å²) in [4.78, 5) is 11.6. The zero-order chi connectivity index (χ0) is 13.7. The smallest absolute Gasteiger partial charge is 0.250 e. The van der Waals surface area contributed by atoms with Gasteiger partial charge in [-0.3, -0.25) is 4.79 Å². The van der Waals surface area contributed by atoms with E-state index in [4.69, 9.17) is 10.5 Å². The topological polar surface area (TPSA) is 64.3 Å². The predicted molar refractivity (Wildman–Crippen MR) is 80.2 cm³/mol. The average molecular weight is 323 g/mol. The number of ether oxygens (including phenoxy) is 1. The summed E-state index contributed by atoms with van der Waals surface area (Å²) in [5, 5.41) is 4.98. The molecule has 5 heteroatoms. The number of nitrogens with one attached hydrogen (secondary N) is 1. The summed E-state index contributed by atoms with van der Waals surface area (Å²) < 4.78 is 6.11. The zero-order valence-corrected chi connectivity index (χ0v) is 11.9. The number of carbonyl (C=O) groups excluding carboxylic acids is 1. The molecule has 0 fully saturated rings. The van der Waals surface area contributed by atoms with Gasteiger partial charge in [0.25, 0.3) is 0 Å². The normalized spacial score (nSPS) is 10.6. The fourth-order valence-electron chi connectivity index (χ4n) is 1.74. The Morgan fingerprint density at radius 2 is 1.95 bits per heavy atom. The monoisotopic (exact) mass is 322 g/mol. The molecule has 0 saturated carbocycles. The number of hydrogen-bond acceptors (Lipinski definition) is 3. The minimum absolute atomic E-state index is 0.0234. The highest BCUT2D eigenvalue weighted by Crippen LogP contribution is 2.22. The first-order chi connectivity index (χ1) is 9.19. The lowest BCUT2D eigenvalue weighted by Gasteiger charge is -2.07. The van der Waals surface area contributed by atoms with Crippen LogP contribution in [0.4, 0.5) is 5.69 Å². The number of nitrogens with two attached hydrogens (primary N) is 1. The minimum atomic E-state index is -0.176. The molecule has 0 bridgehead atoms. The van der Waals surface area contributed by atoms with Gasteiger partial charge in [0.15, 0.2) is 0 Å². The minimum Gasteiger partial charge on any atom is -0.370 e. The van der Waals surface area contributed by atoms with Gasteiger partial charge < -0.3 is 15.8 Å². The lowest BCUT2D eigenvalue weighted by atomic mass is 10.1. The van der Waals surface area contributed by atoms with Crippen LogP contribution in [-0.4, -0.2) is 25.7 Å². The van der Waals surface area contributed by atoms with E-state index >= 15 is 0 Å². The van der Waals surface area contributed by atoms with Crippen molar-refractivity contribution in [1.29, 1.82) is 0 Å². The van der Waals surface area contributed by atoms with Crippen molar-refractivity contribution >= 4 is 38.3 Å². The first-order valence-electron chi connectivity index (χ1n) is 5.96. The van der Waals surface area contributed by atoms with Crippen LogP contribution in [0.3, 0.4) is 0 Å². The lowest BCUT2D eigenvalue weighted by Crippen LogP contribution is -2.20. The summed E-state index contributed by atoms with van der Waals surface area (Å²) in [6, 6.07) is 11.8. The van der Waals surface area contributed by atoms with Crippen LogP contribution in [0.1, 0.15) is 0 Å². The zero-order valence-electron chi connectivity index (χ0n) is 10.4. The van der Waals surface area contributed by atoms with Crippen LogP contribution in [0, 0.1) is 0 Å². The van der Waals surface area contributed by atoms with E-state index in [9.17, 15) is 4.79 Å². The lowest BCUT2D eigenvalue weighted by molar-refractivity contribution is -0.120. The number of carbonyl (C=O) groups is 1.